The fourth-order valence-electron chi connectivity index (χ4n) is 1.44. The Hall–Kier alpha value is -1.37. The van der Waals surface area contributed by atoms with Crippen LogP contribution in [0.3, 0.4) is 0 Å². The molecule has 6 nitrogen and oxygen atoms in total. The molecule has 15 heavy (non-hydrogen) atoms. The minimum Gasteiger partial charge on any atom is -0.383 e. The molecule has 0 aromatic heterocycles. The third-order valence-electron chi connectivity index (χ3n) is 2.10. The number of hydrogen-bond donors (Lipinski definition) is 3. The lowest BCUT2D eigenvalue weighted by Gasteiger charge is -2.09. The number of nitrogens with one attached hydrogen (secondary N) is 2. The Morgan fingerprint density at radius 1 is 1.47 bits per heavy atom. The van der Waals surface area contributed by atoms with Crippen molar-refractivity contribution in [3.05, 3.63) is 10.2 Å². The number of fused-ring (bicyclic) bond motifs is 1. The number of nitrogen functional groups attached to an aromatic ring is 1. The second kappa shape index (κ2) is 3.34. The largest absolute Gasteiger partial charge is 0.383 e. The lowest BCUT2D eigenvalue weighted by atomic mass is 10.3. The van der Waals surface area contributed by atoms with E-state index in [9.17, 15) is 0 Å². The Morgan fingerprint density at radius 2 is 2.13 bits per heavy atom. The molecule has 0 saturated heterocycles. The van der Waals surface area contributed by atoms with E-state index in [1.807, 2.05) is 18.5 Å². The fraction of sp³-hybridized carbons (Fsp3) is 0.375. The van der Waals surface area contributed by atoms with Crippen LogP contribution in [0.2, 0.25) is 0 Å². The van der Waals surface area contributed by atoms with Gasteiger partial charge in [-0.3, -0.25) is 15.2 Å². The smallest absolute Gasteiger partial charge is 0.245 e. The van der Waals surface area contributed by atoms with Crippen LogP contribution in [-0.2, 0) is 0 Å². The van der Waals surface area contributed by atoms with E-state index >= 15 is 0 Å². The first-order valence-electron chi connectivity index (χ1n) is 4.48. The molecule has 0 fully saturated rings. The lowest BCUT2D eigenvalue weighted by Crippen LogP contribution is -2.18. The molecule has 2 aliphatic heterocycles. The predicted molar refractivity (Wildman–Crippen MR) is 59.3 cm³/mol. The molecule has 80 valence electrons. The first-order chi connectivity index (χ1) is 7.00. The summed E-state index contributed by atoms with van der Waals surface area (Å²) < 4.78 is 2.58. The van der Waals surface area contributed by atoms with Crippen LogP contribution in [0.25, 0.3) is 11.4 Å². The monoisotopic (exact) mass is 270 g/mol. The highest BCUT2D eigenvalue weighted by Crippen LogP contribution is 2.32. The number of H-pyrrole nitrogens is 1. The van der Waals surface area contributed by atoms with E-state index in [-0.39, 0.29) is 11.7 Å². The first kappa shape index (κ1) is 10.2. The van der Waals surface area contributed by atoms with Crippen LogP contribution in [0.4, 0.5) is 5.82 Å². The van der Waals surface area contributed by atoms with Crippen LogP contribution >= 0.6 is 15.9 Å². The molecule has 0 aromatic rings. The van der Waals surface area contributed by atoms with Gasteiger partial charge in [-0.15, -0.1) is 0 Å². The topological polar surface area (TPSA) is 96.4 Å². The van der Waals surface area contributed by atoms with E-state index in [0.29, 0.717) is 11.6 Å². The molecule has 0 atom stereocenters. The summed E-state index contributed by atoms with van der Waals surface area (Å²) in [6.07, 6.45) is 0. The predicted octanol–water partition coefficient (Wildman–Crippen LogP) is 1.12. The summed E-state index contributed by atoms with van der Waals surface area (Å²) in [5, 5.41) is 10.5. The van der Waals surface area contributed by atoms with Crippen molar-refractivity contribution in [2.45, 2.75) is 19.9 Å². The van der Waals surface area contributed by atoms with Crippen LogP contribution < -0.4 is 11.4 Å². The van der Waals surface area contributed by atoms with Crippen molar-refractivity contribution >= 4 is 21.7 Å². The van der Waals surface area contributed by atoms with Crippen molar-refractivity contribution in [1.82, 2.24) is 19.7 Å². The number of aromatic amines is 1. The number of anilines is 1. The zero-order valence-electron chi connectivity index (χ0n) is 8.37. The summed E-state index contributed by atoms with van der Waals surface area (Å²) in [6.45, 7) is 4.04. The summed E-state index contributed by atoms with van der Waals surface area (Å²) in [7, 11) is 0. The quantitative estimate of drug-likeness (QED) is 0.725. The lowest BCUT2D eigenvalue weighted by molar-refractivity contribution is 0.529. The van der Waals surface area contributed by atoms with Crippen LogP contribution in [0.5, 0.6) is 0 Å². The van der Waals surface area contributed by atoms with E-state index in [2.05, 4.69) is 31.0 Å². The standard InChI is InChI=1S/C8H11BrN6/c1-3(2)15-7-4(5(9)14-15)6(10)12-8(11)13-7/h3,14H,1-2H3,(H3,10,11,12). The average Bonchev–Trinajstić information content (AvgIpc) is 2.42. The second-order valence-corrected chi connectivity index (χ2v) is 4.31. The van der Waals surface area contributed by atoms with E-state index < -0.39 is 0 Å². The van der Waals surface area contributed by atoms with Crippen molar-refractivity contribution in [2.24, 2.45) is 0 Å². The highest BCUT2D eigenvalue weighted by molar-refractivity contribution is 9.10. The van der Waals surface area contributed by atoms with Gasteiger partial charge >= 0.3 is 0 Å². The van der Waals surface area contributed by atoms with Crippen molar-refractivity contribution in [3.63, 3.8) is 0 Å². The number of nitrogens with two attached hydrogens (primary N) is 1. The molecule has 0 spiro atoms. The Bertz CT molecular complexity index is 525. The van der Waals surface area contributed by atoms with Gasteiger partial charge in [0.15, 0.2) is 5.82 Å². The number of halogens is 1. The van der Waals surface area contributed by atoms with Crippen LogP contribution in [-0.4, -0.2) is 19.7 Å². The van der Waals surface area contributed by atoms with E-state index in [4.69, 9.17) is 11.1 Å². The average molecular weight is 271 g/mol. The van der Waals surface area contributed by atoms with Gasteiger partial charge in [0.25, 0.3) is 0 Å². The molecule has 2 heterocycles. The van der Waals surface area contributed by atoms with Crippen molar-refractivity contribution in [2.75, 3.05) is 5.73 Å². The maximum absolute atomic E-state index is 7.42. The fourth-order valence-corrected chi connectivity index (χ4v) is 2.01. The SMILES string of the molecule is CC(C)n1[nH]c(Br)c2c(N)nc(=N)nc1-2. The van der Waals surface area contributed by atoms with E-state index in [1.165, 1.54) is 0 Å². The highest BCUT2D eigenvalue weighted by atomic mass is 79.9. The van der Waals surface area contributed by atoms with Gasteiger partial charge in [-0.1, -0.05) is 0 Å². The molecule has 0 saturated carbocycles. The van der Waals surface area contributed by atoms with Gasteiger partial charge in [-0.2, -0.15) is 9.97 Å². The minimum atomic E-state index is -0.0686. The number of aromatic nitrogens is 4. The molecule has 0 unspecified atom stereocenters. The van der Waals surface area contributed by atoms with Gasteiger partial charge in [-0.25, -0.2) is 0 Å². The normalized spacial score (nSPS) is 11.5. The molecule has 0 amide bonds. The van der Waals surface area contributed by atoms with Gasteiger partial charge in [0.1, 0.15) is 10.4 Å². The zero-order valence-corrected chi connectivity index (χ0v) is 9.96. The van der Waals surface area contributed by atoms with Gasteiger partial charge in [0.05, 0.1) is 5.56 Å². The molecule has 0 aromatic carbocycles. The number of rotatable bonds is 1. The summed E-state index contributed by atoms with van der Waals surface area (Å²) in [4.78, 5) is 7.86. The summed E-state index contributed by atoms with van der Waals surface area (Å²) in [5.41, 5.74) is 6.39. The molecule has 4 N–H and O–H groups in total. The molecule has 0 bridgehead atoms. The Labute approximate surface area is 94.5 Å². The molecular formula is C8H11BrN6. The minimum absolute atomic E-state index is 0.0686. The number of nitrogens with zero attached hydrogens (tertiary/aromatic N) is 3. The molecule has 2 aliphatic rings. The molecule has 0 aliphatic carbocycles. The molecule has 0 radical (unpaired) electrons. The van der Waals surface area contributed by atoms with Crippen LogP contribution in [0.15, 0.2) is 4.60 Å². The van der Waals surface area contributed by atoms with Crippen LogP contribution in [0, 0.1) is 5.41 Å². The van der Waals surface area contributed by atoms with Crippen molar-refractivity contribution in [3.8, 4) is 11.4 Å². The Kier molecular flexibility index (Phi) is 2.26. The first-order valence-corrected chi connectivity index (χ1v) is 5.28. The third-order valence-corrected chi connectivity index (χ3v) is 2.67. The van der Waals surface area contributed by atoms with Gasteiger partial charge in [0, 0.05) is 6.04 Å². The van der Waals surface area contributed by atoms with E-state index in [1.54, 1.807) is 0 Å². The maximum atomic E-state index is 7.42. The van der Waals surface area contributed by atoms with Gasteiger partial charge in [-0.05, 0) is 29.8 Å². The summed E-state index contributed by atoms with van der Waals surface area (Å²) >= 11 is 3.36. The van der Waals surface area contributed by atoms with Crippen LogP contribution in [0.1, 0.15) is 19.9 Å². The zero-order chi connectivity index (χ0) is 11.2. The summed E-state index contributed by atoms with van der Waals surface area (Å²) in [6, 6.07) is 0.215. The molecular weight excluding hydrogens is 260 g/mol. The Balaban J connectivity index is 2.83. The molecule has 7 heteroatoms. The molecule has 2 rings (SSSR count). The van der Waals surface area contributed by atoms with Gasteiger partial charge < -0.3 is 5.73 Å². The second-order valence-electron chi connectivity index (χ2n) is 3.52. The number of hydrogen-bond acceptors (Lipinski definition) is 4. The third kappa shape index (κ3) is 1.52. The summed E-state index contributed by atoms with van der Waals surface area (Å²) in [5.74, 6) is 0.960. The van der Waals surface area contributed by atoms with Gasteiger partial charge in [0.2, 0.25) is 5.62 Å². The maximum Gasteiger partial charge on any atom is 0.245 e. The van der Waals surface area contributed by atoms with Crippen molar-refractivity contribution in [1.29, 1.82) is 5.41 Å². The van der Waals surface area contributed by atoms with E-state index in [0.717, 1.165) is 10.2 Å². The highest BCUT2D eigenvalue weighted by Gasteiger charge is 2.20. The van der Waals surface area contributed by atoms with Crippen molar-refractivity contribution < 1.29 is 0 Å². The Morgan fingerprint density at radius 3 is 2.73 bits per heavy atom.